The van der Waals surface area contributed by atoms with E-state index in [1.54, 1.807) is 0 Å². The molecule has 1 aliphatic carbocycles. The predicted octanol–water partition coefficient (Wildman–Crippen LogP) is 6.72. The number of benzene rings is 3. The van der Waals surface area contributed by atoms with Crippen LogP contribution in [-0.2, 0) is 4.74 Å². The third-order valence-electron chi connectivity index (χ3n) is 6.20. The van der Waals surface area contributed by atoms with Crippen LogP contribution in [0.3, 0.4) is 0 Å². The van der Waals surface area contributed by atoms with Crippen LogP contribution < -0.4 is 15.5 Å². The molecule has 6 heteroatoms. The van der Waals surface area contributed by atoms with Gasteiger partial charge in [0.05, 0.1) is 17.3 Å². The lowest BCUT2D eigenvalue weighted by atomic mass is 9.90. The molecule has 0 saturated heterocycles. The highest BCUT2D eigenvalue weighted by Crippen LogP contribution is 2.36. The zero-order valence-electron chi connectivity index (χ0n) is 21.2. The molecule has 6 nitrogen and oxygen atoms in total. The number of rotatable bonds is 6. The quantitative estimate of drug-likeness (QED) is 0.406. The third kappa shape index (κ3) is 6.45. The molecule has 0 aliphatic heterocycles. The van der Waals surface area contributed by atoms with Gasteiger partial charge in [0.2, 0.25) is 0 Å². The second-order valence-electron chi connectivity index (χ2n) is 10.1. The Kier molecular flexibility index (Phi) is 7.93. The first-order valence-electron chi connectivity index (χ1n) is 12.6. The lowest BCUT2D eigenvalue weighted by Crippen LogP contribution is -2.54. The average Bonchev–Trinajstić information content (AvgIpc) is 2.86. The minimum absolute atomic E-state index is 0.162. The van der Waals surface area contributed by atoms with Crippen LogP contribution >= 0.6 is 0 Å². The van der Waals surface area contributed by atoms with E-state index in [2.05, 4.69) is 15.5 Å². The summed E-state index contributed by atoms with van der Waals surface area (Å²) < 4.78 is 5.46. The SMILES string of the molecule is CC(C)(C)OC(=O)N[C@@H]1CCCC[C@H]1NC(=O)c1ccccc1N(c1ccccc1)c1ccccc1. The Hall–Kier alpha value is -3.80. The van der Waals surface area contributed by atoms with Gasteiger partial charge in [-0.15, -0.1) is 0 Å². The first-order valence-corrected chi connectivity index (χ1v) is 12.6. The van der Waals surface area contributed by atoms with Gasteiger partial charge in [-0.25, -0.2) is 4.79 Å². The number of para-hydroxylation sites is 3. The highest BCUT2D eigenvalue weighted by Gasteiger charge is 2.30. The fourth-order valence-electron chi connectivity index (χ4n) is 4.62. The van der Waals surface area contributed by atoms with E-state index < -0.39 is 11.7 Å². The molecule has 0 unspecified atom stereocenters. The fourth-order valence-corrected chi connectivity index (χ4v) is 4.62. The lowest BCUT2D eigenvalue weighted by molar-refractivity contribution is 0.0475. The highest BCUT2D eigenvalue weighted by molar-refractivity contribution is 6.02. The fraction of sp³-hybridized carbons (Fsp3) is 0.333. The molecule has 1 saturated carbocycles. The monoisotopic (exact) mass is 485 g/mol. The van der Waals surface area contributed by atoms with Crippen LogP contribution in [0.2, 0.25) is 0 Å². The summed E-state index contributed by atoms with van der Waals surface area (Å²) in [6.45, 7) is 5.53. The van der Waals surface area contributed by atoms with Crippen molar-refractivity contribution in [2.75, 3.05) is 4.90 Å². The van der Waals surface area contributed by atoms with Crippen molar-refractivity contribution < 1.29 is 14.3 Å². The summed E-state index contributed by atoms with van der Waals surface area (Å²) in [5, 5.41) is 6.20. The smallest absolute Gasteiger partial charge is 0.407 e. The molecule has 3 aromatic rings. The van der Waals surface area contributed by atoms with Crippen molar-refractivity contribution in [3.05, 3.63) is 90.5 Å². The molecular weight excluding hydrogens is 450 g/mol. The molecule has 0 radical (unpaired) electrons. The zero-order chi connectivity index (χ0) is 25.5. The van der Waals surface area contributed by atoms with E-state index in [1.165, 1.54) is 0 Å². The number of carbonyl (C=O) groups is 2. The van der Waals surface area contributed by atoms with Crippen molar-refractivity contribution in [3.63, 3.8) is 0 Å². The lowest BCUT2D eigenvalue weighted by Gasteiger charge is -2.34. The summed E-state index contributed by atoms with van der Waals surface area (Å²) in [6.07, 6.45) is 3.15. The van der Waals surface area contributed by atoms with Gasteiger partial charge in [0.15, 0.2) is 0 Å². The molecule has 188 valence electrons. The maximum Gasteiger partial charge on any atom is 0.407 e. The van der Waals surface area contributed by atoms with Crippen LogP contribution in [0.25, 0.3) is 0 Å². The van der Waals surface area contributed by atoms with Crippen LogP contribution in [0, 0.1) is 0 Å². The van der Waals surface area contributed by atoms with Crippen LogP contribution in [-0.4, -0.2) is 29.7 Å². The molecule has 0 heterocycles. The Morgan fingerprint density at radius 3 is 1.81 bits per heavy atom. The normalized spacial score (nSPS) is 17.6. The van der Waals surface area contributed by atoms with Gasteiger partial charge in [-0.05, 0) is 70.0 Å². The van der Waals surface area contributed by atoms with Gasteiger partial charge < -0.3 is 20.3 Å². The number of anilines is 3. The van der Waals surface area contributed by atoms with Crippen molar-refractivity contribution in [2.45, 2.75) is 64.1 Å². The summed E-state index contributed by atoms with van der Waals surface area (Å²) in [6, 6.07) is 27.3. The average molecular weight is 486 g/mol. The van der Waals surface area contributed by atoms with Gasteiger partial charge in [0.25, 0.3) is 5.91 Å². The van der Waals surface area contributed by atoms with Gasteiger partial charge in [0.1, 0.15) is 5.60 Å². The van der Waals surface area contributed by atoms with Gasteiger partial charge in [-0.2, -0.15) is 0 Å². The molecule has 2 atom stereocenters. The van der Waals surface area contributed by atoms with Crippen LogP contribution in [0.15, 0.2) is 84.9 Å². The molecule has 36 heavy (non-hydrogen) atoms. The summed E-state index contributed by atoms with van der Waals surface area (Å²) in [7, 11) is 0. The van der Waals surface area contributed by atoms with Crippen molar-refractivity contribution in [1.29, 1.82) is 0 Å². The Balaban J connectivity index is 1.60. The third-order valence-corrected chi connectivity index (χ3v) is 6.20. The standard InChI is InChI=1S/C30H35N3O3/c1-30(2,3)36-29(35)32-26-20-12-11-19-25(26)31-28(34)24-18-10-13-21-27(24)33(22-14-6-4-7-15-22)23-16-8-5-9-17-23/h4-10,13-18,21,25-26H,11-12,19-20H2,1-3H3,(H,31,34)(H,32,35)/t25-,26-/m1/s1. The van der Waals surface area contributed by atoms with E-state index in [0.29, 0.717) is 5.56 Å². The number of nitrogens with one attached hydrogen (secondary N) is 2. The molecule has 1 fully saturated rings. The molecule has 4 rings (SSSR count). The minimum atomic E-state index is -0.575. The number of ether oxygens (including phenoxy) is 1. The number of hydrogen-bond donors (Lipinski definition) is 2. The van der Waals surface area contributed by atoms with Crippen molar-refractivity contribution in [1.82, 2.24) is 10.6 Å². The largest absolute Gasteiger partial charge is 0.444 e. The van der Waals surface area contributed by atoms with E-state index in [9.17, 15) is 9.59 Å². The van der Waals surface area contributed by atoms with E-state index >= 15 is 0 Å². The first-order chi connectivity index (χ1) is 17.3. The Bertz CT molecular complexity index is 1120. The van der Waals surface area contributed by atoms with Crippen LogP contribution in [0.1, 0.15) is 56.8 Å². The zero-order valence-corrected chi connectivity index (χ0v) is 21.2. The molecule has 0 bridgehead atoms. The maximum atomic E-state index is 13.7. The van der Waals surface area contributed by atoms with Crippen molar-refractivity contribution >= 4 is 29.1 Å². The number of nitrogens with zero attached hydrogens (tertiary/aromatic N) is 1. The molecule has 2 amide bonds. The summed E-state index contributed by atoms with van der Waals surface area (Å²) in [4.78, 5) is 28.2. The maximum absolute atomic E-state index is 13.7. The second-order valence-corrected chi connectivity index (χ2v) is 10.1. The first kappa shape index (κ1) is 25.3. The van der Waals surface area contributed by atoms with E-state index in [4.69, 9.17) is 4.74 Å². The van der Waals surface area contributed by atoms with Crippen LogP contribution in [0.4, 0.5) is 21.9 Å². The molecule has 0 spiro atoms. The number of alkyl carbamates (subject to hydrolysis) is 1. The molecule has 1 aliphatic rings. The Morgan fingerprint density at radius 1 is 0.750 bits per heavy atom. The van der Waals surface area contributed by atoms with E-state index in [-0.39, 0.29) is 18.0 Å². The molecule has 3 aromatic carbocycles. The summed E-state index contributed by atoms with van der Waals surface area (Å²) in [5.41, 5.74) is 2.72. The molecule has 0 aromatic heterocycles. The van der Waals surface area contributed by atoms with E-state index in [1.807, 2.05) is 106 Å². The van der Waals surface area contributed by atoms with E-state index in [0.717, 1.165) is 42.7 Å². The van der Waals surface area contributed by atoms with Crippen LogP contribution in [0.5, 0.6) is 0 Å². The molecule has 2 N–H and O–H groups in total. The van der Waals surface area contributed by atoms with Gasteiger partial charge in [0, 0.05) is 17.4 Å². The molecular formula is C30H35N3O3. The second kappa shape index (κ2) is 11.3. The van der Waals surface area contributed by atoms with Crippen molar-refractivity contribution in [3.8, 4) is 0 Å². The predicted molar refractivity (Wildman–Crippen MR) is 144 cm³/mol. The minimum Gasteiger partial charge on any atom is -0.444 e. The Labute approximate surface area is 213 Å². The number of hydrogen-bond acceptors (Lipinski definition) is 4. The highest BCUT2D eigenvalue weighted by atomic mass is 16.6. The van der Waals surface area contributed by atoms with Crippen molar-refractivity contribution in [2.24, 2.45) is 0 Å². The topological polar surface area (TPSA) is 70.7 Å². The van der Waals surface area contributed by atoms with Gasteiger partial charge >= 0.3 is 6.09 Å². The number of carbonyl (C=O) groups excluding carboxylic acids is 2. The van der Waals surface area contributed by atoms with Gasteiger partial charge in [-0.3, -0.25) is 4.79 Å². The van der Waals surface area contributed by atoms with Gasteiger partial charge in [-0.1, -0.05) is 61.4 Å². The summed E-state index contributed by atoms with van der Waals surface area (Å²) >= 11 is 0. The summed E-state index contributed by atoms with van der Waals surface area (Å²) in [5.74, 6) is -0.162. The Morgan fingerprint density at radius 2 is 1.25 bits per heavy atom. The number of amides is 2.